The predicted octanol–water partition coefficient (Wildman–Crippen LogP) is 1.02. The van der Waals surface area contributed by atoms with Crippen molar-refractivity contribution in [2.24, 2.45) is 5.92 Å². The highest BCUT2D eigenvalue weighted by atomic mass is 79.9. The number of hydrogen-bond donors (Lipinski definition) is 1. The topological polar surface area (TPSA) is 26.7 Å². The van der Waals surface area contributed by atoms with E-state index in [1.165, 1.54) is 25.9 Å². The van der Waals surface area contributed by atoms with E-state index in [1.54, 1.807) is 0 Å². The van der Waals surface area contributed by atoms with Crippen molar-refractivity contribution in [1.82, 2.24) is 9.80 Å². The van der Waals surface area contributed by atoms with E-state index in [4.69, 9.17) is 0 Å². The van der Waals surface area contributed by atoms with Crippen LogP contribution in [-0.2, 0) is 0 Å². The summed E-state index contributed by atoms with van der Waals surface area (Å²) in [5.74, 6) is 0.814. The third-order valence-electron chi connectivity index (χ3n) is 3.11. The van der Waals surface area contributed by atoms with Gasteiger partial charge in [0.25, 0.3) is 0 Å². The van der Waals surface area contributed by atoms with Gasteiger partial charge in [-0.3, -0.25) is 0 Å². The van der Waals surface area contributed by atoms with Gasteiger partial charge in [-0.2, -0.15) is 0 Å². The molecule has 0 saturated carbocycles. The highest BCUT2D eigenvalue weighted by Gasteiger charge is 2.18. The molecule has 1 aliphatic heterocycles. The Bertz CT molecular complexity index is 172. The molecule has 0 aromatic heterocycles. The molecular weight excluding hydrogens is 256 g/mol. The van der Waals surface area contributed by atoms with E-state index in [2.05, 4.69) is 39.8 Å². The van der Waals surface area contributed by atoms with Crippen LogP contribution in [0, 0.1) is 5.92 Å². The smallest absolute Gasteiger partial charge is 0.0763 e. The van der Waals surface area contributed by atoms with Gasteiger partial charge in [0.15, 0.2) is 0 Å². The standard InChI is InChI=1S/C11H23BrN2O/c1-13-5-3-10(4-6-13)8-14(2)9-11(15)7-12/h10-11,15H,3-9H2,1-2H3. The summed E-state index contributed by atoms with van der Waals surface area (Å²) in [4.78, 5) is 4.64. The van der Waals surface area contributed by atoms with Gasteiger partial charge in [-0.1, -0.05) is 15.9 Å². The van der Waals surface area contributed by atoms with Crippen LogP contribution in [0.3, 0.4) is 0 Å². The average Bonchev–Trinajstić information content (AvgIpc) is 2.21. The maximum absolute atomic E-state index is 9.50. The van der Waals surface area contributed by atoms with Crippen molar-refractivity contribution in [2.75, 3.05) is 45.6 Å². The third-order valence-corrected chi connectivity index (χ3v) is 3.86. The Kier molecular flexibility index (Phi) is 6.12. The molecule has 1 unspecified atom stereocenters. The van der Waals surface area contributed by atoms with Crippen LogP contribution in [0.2, 0.25) is 0 Å². The lowest BCUT2D eigenvalue weighted by Gasteiger charge is -2.32. The molecule has 1 saturated heterocycles. The van der Waals surface area contributed by atoms with Crippen molar-refractivity contribution in [3.63, 3.8) is 0 Å². The molecule has 0 spiro atoms. The molecule has 0 amide bonds. The molecule has 1 N–H and O–H groups in total. The molecule has 1 rings (SSSR count). The molecular formula is C11H23BrN2O. The lowest BCUT2D eigenvalue weighted by atomic mass is 9.96. The molecule has 1 fully saturated rings. The number of halogens is 1. The summed E-state index contributed by atoms with van der Waals surface area (Å²) in [6, 6.07) is 0. The minimum absolute atomic E-state index is 0.235. The number of alkyl halides is 1. The molecule has 4 heteroatoms. The van der Waals surface area contributed by atoms with Crippen LogP contribution < -0.4 is 0 Å². The maximum Gasteiger partial charge on any atom is 0.0763 e. The minimum atomic E-state index is -0.235. The molecule has 90 valence electrons. The number of rotatable bonds is 5. The molecule has 1 atom stereocenters. The van der Waals surface area contributed by atoms with Gasteiger partial charge in [-0.15, -0.1) is 0 Å². The van der Waals surface area contributed by atoms with E-state index in [0.717, 1.165) is 19.0 Å². The van der Waals surface area contributed by atoms with Crippen molar-refractivity contribution < 1.29 is 5.11 Å². The highest BCUT2D eigenvalue weighted by molar-refractivity contribution is 9.09. The summed E-state index contributed by atoms with van der Waals surface area (Å²) >= 11 is 3.29. The van der Waals surface area contributed by atoms with Gasteiger partial charge in [0.2, 0.25) is 0 Å². The summed E-state index contributed by atoms with van der Waals surface area (Å²) in [6.07, 6.45) is 2.36. The molecule has 0 aromatic rings. The summed E-state index contributed by atoms with van der Waals surface area (Å²) in [7, 11) is 4.29. The van der Waals surface area contributed by atoms with Crippen molar-refractivity contribution in [3.05, 3.63) is 0 Å². The van der Waals surface area contributed by atoms with E-state index in [1.807, 2.05) is 0 Å². The number of aliphatic hydroxyl groups excluding tert-OH is 1. The molecule has 0 bridgehead atoms. The van der Waals surface area contributed by atoms with Crippen LogP contribution in [0.25, 0.3) is 0 Å². The van der Waals surface area contributed by atoms with Gasteiger partial charge in [-0.25, -0.2) is 0 Å². The summed E-state index contributed by atoms with van der Waals surface area (Å²) < 4.78 is 0. The normalized spacial score (nSPS) is 22.2. The number of hydrogen-bond acceptors (Lipinski definition) is 3. The van der Waals surface area contributed by atoms with Gasteiger partial charge in [0.05, 0.1) is 6.10 Å². The Morgan fingerprint density at radius 1 is 1.47 bits per heavy atom. The lowest BCUT2D eigenvalue weighted by Crippen LogP contribution is -2.38. The SMILES string of the molecule is CN1CCC(CN(C)CC(O)CBr)CC1. The van der Waals surface area contributed by atoms with E-state index < -0.39 is 0 Å². The van der Waals surface area contributed by atoms with Crippen molar-refractivity contribution in [2.45, 2.75) is 18.9 Å². The van der Waals surface area contributed by atoms with Gasteiger partial charge in [-0.05, 0) is 45.9 Å². The molecule has 15 heavy (non-hydrogen) atoms. The summed E-state index contributed by atoms with van der Waals surface area (Å²) in [6.45, 7) is 4.34. The second kappa shape index (κ2) is 6.84. The second-order valence-electron chi connectivity index (χ2n) is 4.78. The first-order valence-corrected chi connectivity index (χ1v) is 6.85. The minimum Gasteiger partial charge on any atom is -0.391 e. The number of piperidine rings is 1. The number of aliphatic hydroxyl groups is 1. The van der Waals surface area contributed by atoms with E-state index in [9.17, 15) is 5.11 Å². The van der Waals surface area contributed by atoms with E-state index in [-0.39, 0.29) is 6.10 Å². The van der Waals surface area contributed by atoms with E-state index in [0.29, 0.717) is 5.33 Å². The fourth-order valence-corrected chi connectivity index (χ4v) is 2.37. The Balaban J connectivity index is 2.17. The van der Waals surface area contributed by atoms with Crippen molar-refractivity contribution >= 4 is 15.9 Å². The Labute approximate surface area is 102 Å². The first kappa shape index (κ1) is 13.4. The van der Waals surface area contributed by atoms with Crippen LogP contribution in [0.5, 0.6) is 0 Å². The number of likely N-dealkylation sites (tertiary alicyclic amines) is 1. The fraction of sp³-hybridized carbons (Fsp3) is 1.00. The summed E-state index contributed by atoms with van der Waals surface area (Å²) in [5.41, 5.74) is 0. The zero-order chi connectivity index (χ0) is 11.3. The first-order valence-electron chi connectivity index (χ1n) is 5.73. The van der Waals surface area contributed by atoms with Crippen LogP contribution in [0.1, 0.15) is 12.8 Å². The molecule has 0 radical (unpaired) electrons. The van der Waals surface area contributed by atoms with Gasteiger partial charge < -0.3 is 14.9 Å². The van der Waals surface area contributed by atoms with Crippen LogP contribution in [0.15, 0.2) is 0 Å². The van der Waals surface area contributed by atoms with Crippen molar-refractivity contribution in [1.29, 1.82) is 0 Å². The predicted molar refractivity (Wildman–Crippen MR) is 67.5 cm³/mol. The monoisotopic (exact) mass is 278 g/mol. The van der Waals surface area contributed by atoms with Gasteiger partial charge >= 0.3 is 0 Å². The van der Waals surface area contributed by atoms with Crippen LogP contribution in [0.4, 0.5) is 0 Å². The van der Waals surface area contributed by atoms with E-state index >= 15 is 0 Å². The largest absolute Gasteiger partial charge is 0.391 e. The molecule has 1 heterocycles. The molecule has 0 aromatic carbocycles. The third kappa shape index (κ3) is 5.29. The Morgan fingerprint density at radius 2 is 2.07 bits per heavy atom. The zero-order valence-electron chi connectivity index (χ0n) is 9.82. The van der Waals surface area contributed by atoms with Gasteiger partial charge in [0.1, 0.15) is 0 Å². The Hall–Kier alpha value is 0.360. The maximum atomic E-state index is 9.50. The van der Waals surface area contributed by atoms with Crippen LogP contribution >= 0.6 is 15.9 Å². The molecule has 1 aliphatic rings. The zero-order valence-corrected chi connectivity index (χ0v) is 11.4. The average molecular weight is 279 g/mol. The lowest BCUT2D eigenvalue weighted by molar-refractivity contribution is 0.120. The molecule has 3 nitrogen and oxygen atoms in total. The highest BCUT2D eigenvalue weighted by Crippen LogP contribution is 2.16. The van der Waals surface area contributed by atoms with Crippen molar-refractivity contribution in [3.8, 4) is 0 Å². The van der Waals surface area contributed by atoms with Gasteiger partial charge in [0, 0.05) is 18.4 Å². The quantitative estimate of drug-likeness (QED) is 0.761. The number of nitrogens with zero attached hydrogens (tertiary/aromatic N) is 2. The summed E-state index contributed by atoms with van der Waals surface area (Å²) in [5, 5.41) is 10.2. The van der Waals surface area contributed by atoms with Crippen LogP contribution in [-0.4, -0.2) is 66.6 Å². The molecule has 0 aliphatic carbocycles. The fourth-order valence-electron chi connectivity index (χ4n) is 2.17. The number of likely N-dealkylation sites (N-methyl/N-ethyl adjacent to an activating group) is 1. The Morgan fingerprint density at radius 3 is 2.60 bits per heavy atom. The first-order chi connectivity index (χ1) is 7.11. The second-order valence-corrected chi connectivity index (χ2v) is 5.42.